The first-order valence-corrected chi connectivity index (χ1v) is 4.53. The van der Waals surface area contributed by atoms with Gasteiger partial charge in [0.05, 0.1) is 12.1 Å². The Balaban J connectivity index is 3.07. The van der Waals surface area contributed by atoms with E-state index in [9.17, 15) is 5.11 Å². The molecule has 1 aromatic carbocycles. The van der Waals surface area contributed by atoms with Gasteiger partial charge in [0.15, 0.2) is 0 Å². The molecule has 0 spiro atoms. The normalized spacial score (nSPS) is 15.5. The third-order valence-corrected chi connectivity index (χ3v) is 2.53. The van der Waals surface area contributed by atoms with Gasteiger partial charge in [-0.05, 0) is 37.5 Å². The Kier molecular flexibility index (Phi) is 3.07. The zero-order valence-corrected chi connectivity index (χ0v) is 8.41. The van der Waals surface area contributed by atoms with Gasteiger partial charge in [-0.15, -0.1) is 0 Å². The Labute approximate surface area is 79.4 Å². The molecule has 2 heteroatoms. The quantitative estimate of drug-likeness (QED) is 0.725. The third-order valence-electron chi connectivity index (χ3n) is 2.53. The van der Waals surface area contributed by atoms with Crippen LogP contribution >= 0.6 is 0 Å². The van der Waals surface area contributed by atoms with Crippen LogP contribution in [0.15, 0.2) is 18.2 Å². The first-order chi connectivity index (χ1) is 6.04. The van der Waals surface area contributed by atoms with Crippen molar-refractivity contribution in [1.82, 2.24) is 0 Å². The van der Waals surface area contributed by atoms with Crippen LogP contribution in [-0.2, 0) is 0 Å². The maximum atomic E-state index is 9.36. The molecule has 13 heavy (non-hydrogen) atoms. The highest BCUT2D eigenvalue weighted by atomic mass is 16.3. The number of aliphatic hydroxyl groups is 1. The molecule has 0 saturated carbocycles. The monoisotopic (exact) mass is 179 g/mol. The molecule has 2 nitrogen and oxygen atoms in total. The largest absolute Gasteiger partial charge is 0.391 e. The number of rotatable bonds is 2. The molecule has 0 unspecified atom stereocenters. The molecule has 0 amide bonds. The minimum Gasteiger partial charge on any atom is -0.391 e. The number of aliphatic hydroxyl groups excluding tert-OH is 1. The molecule has 0 fully saturated rings. The van der Waals surface area contributed by atoms with Crippen LogP contribution in [0, 0.1) is 13.8 Å². The maximum Gasteiger partial charge on any atom is 0.0704 e. The summed E-state index contributed by atoms with van der Waals surface area (Å²) >= 11 is 0. The first-order valence-electron chi connectivity index (χ1n) is 4.53. The Morgan fingerprint density at radius 1 is 1.31 bits per heavy atom. The summed E-state index contributed by atoms with van der Waals surface area (Å²) in [6.07, 6.45) is -0.500. The zero-order chi connectivity index (χ0) is 10.0. The van der Waals surface area contributed by atoms with Crippen LogP contribution in [-0.4, -0.2) is 11.2 Å². The minimum absolute atomic E-state index is 0.278. The predicted molar refractivity (Wildman–Crippen MR) is 54.5 cm³/mol. The highest BCUT2D eigenvalue weighted by Crippen LogP contribution is 2.20. The maximum absolute atomic E-state index is 9.36. The second kappa shape index (κ2) is 3.90. The lowest BCUT2D eigenvalue weighted by Crippen LogP contribution is -2.24. The molecule has 0 aromatic heterocycles. The topological polar surface area (TPSA) is 46.2 Å². The molecule has 0 aliphatic heterocycles. The SMILES string of the molecule is Cc1cccc([C@@H](N)[C@H](C)O)c1C. The molecule has 1 rings (SSSR count). The lowest BCUT2D eigenvalue weighted by Gasteiger charge is -2.18. The highest BCUT2D eigenvalue weighted by Gasteiger charge is 2.14. The van der Waals surface area contributed by atoms with Gasteiger partial charge >= 0.3 is 0 Å². The Hall–Kier alpha value is -0.860. The van der Waals surface area contributed by atoms with E-state index in [4.69, 9.17) is 5.73 Å². The van der Waals surface area contributed by atoms with Gasteiger partial charge in [0.1, 0.15) is 0 Å². The van der Waals surface area contributed by atoms with Gasteiger partial charge in [-0.25, -0.2) is 0 Å². The first kappa shape index (κ1) is 10.2. The van der Waals surface area contributed by atoms with E-state index < -0.39 is 6.10 Å². The van der Waals surface area contributed by atoms with Crippen molar-refractivity contribution in [3.05, 3.63) is 34.9 Å². The minimum atomic E-state index is -0.500. The molecule has 0 saturated heterocycles. The summed E-state index contributed by atoms with van der Waals surface area (Å²) in [6, 6.07) is 5.72. The molecule has 0 bridgehead atoms. The van der Waals surface area contributed by atoms with Crippen molar-refractivity contribution in [2.75, 3.05) is 0 Å². The molecule has 0 aliphatic carbocycles. The summed E-state index contributed by atoms with van der Waals surface area (Å²) in [5, 5.41) is 9.36. The highest BCUT2D eigenvalue weighted by molar-refractivity contribution is 5.35. The van der Waals surface area contributed by atoms with E-state index in [1.54, 1.807) is 6.92 Å². The van der Waals surface area contributed by atoms with Crippen LogP contribution in [0.1, 0.15) is 29.7 Å². The Morgan fingerprint density at radius 2 is 1.92 bits per heavy atom. The van der Waals surface area contributed by atoms with Gasteiger partial charge in [-0.1, -0.05) is 18.2 Å². The van der Waals surface area contributed by atoms with Crippen molar-refractivity contribution in [2.45, 2.75) is 32.9 Å². The van der Waals surface area contributed by atoms with Gasteiger partial charge in [0, 0.05) is 0 Å². The smallest absolute Gasteiger partial charge is 0.0704 e. The third kappa shape index (κ3) is 2.08. The molecular weight excluding hydrogens is 162 g/mol. The molecule has 1 aromatic rings. The van der Waals surface area contributed by atoms with Crippen LogP contribution in [0.25, 0.3) is 0 Å². The Bertz CT molecular complexity index is 294. The molecule has 72 valence electrons. The number of benzene rings is 1. The predicted octanol–water partition coefficient (Wildman–Crippen LogP) is 1.68. The lowest BCUT2D eigenvalue weighted by atomic mass is 9.95. The molecule has 0 aliphatic rings. The summed E-state index contributed by atoms with van der Waals surface area (Å²) < 4.78 is 0. The van der Waals surface area contributed by atoms with E-state index in [0.717, 1.165) is 5.56 Å². The fraction of sp³-hybridized carbons (Fsp3) is 0.455. The second-order valence-electron chi connectivity index (χ2n) is 3.56. The van der Waals surface area contributed by atoms with Crippen molar-refractivity contribution in [2.24, 2.45) is 5.73 Å². The average Bonchev–Trinajstić information content (AvgIpc) is 2.08. The van der Waals surface area contributed by atoms with Gasteiger partial charge < -0.3 is 10.8 Å². The van der Waals surface area contributed by atoms with Gasteiger partial charge in [-0.3, -0.25) is 0 Å². The van der Waals surface area contributed by atoms with Crippen LogP contribution in [0.4, 0.5) is 0 Å². The van der Waals surface area contributed by atoms with Gasteiger partial charge in [0.2, 0.25) is 0 Å². The molecule has 2 atom stereocenters. The van der Waals surface area contributed by atoms with Crippen LogP contribution in [0.5, 0.6) is 0 Å². The average molecular weight is 179 g/mol. The van der Waals surface area contributed by atoms with Crippen molar-refractivity contribution >= 4 is 0 Å². The fourth-order valence-electron chi connectivity index (χ4n) is 1.39. The van der Waals surface area contributed by atoms with E-state index in [2.05, 4.69) is 0 Å². The van der Waals surface area contributed by atoms with E-state index >= 15 is 0 Å². The molecule has 0 heterocycles. The fourth-order valence-corrected chi connectivity index (χ4v) is 1.39. The van der Waals surface area contributed by atoms with E-state index in [1.165, 1.54) is 11.1 Å². The van der Waals surface area contributed by atoms with Crippen molar-refractivity contribution in [3.63, 3.8) is 0 Å². The number of aryl methyl sites for hydroxylation is 1. The van der Waals surface area contributed by atoms with Crippen LogP contribution < -0.4 is 5.73 Å². The van der Waals surface area contributed by atoms with E-state index in [-0.39, 0.29) is 6.04 Å². The van der Waals surface area contributed by atoms with Crippen LogP contribution in [0.2, 0.25) is 0 Å². The van der Waals surface area contributed by atoms with Crippen LogP contribution in [0.3, 0.4) is 0 Å². The lowest BCUT2D eigenvalue weighted by molar-refractivity contribution is 0.164. The van der Waals surface area contributed by atoms with Crippen molar-refractivity contribution < 1.29 is 5.11 Å². The van der Waals surface area contributed by atoms with Gasteiger partial charge in [-0.2, -0.15) is 0 Å². The van der Waals surface area contributed by atoms with E-state index in [1.807, 2.05) is 32.0 Å². The number of nitrogens with two attached hydrogens (primary N) is 1. The Morgan fingerprint density at radius 3 is 2.46 bits per heavy atom. The summed E-state index contributed by atoms with van der Waals surface area (Å²) in [5.41, 5.74) is 9.29. The standard InChI is InChI=1S/C11H17NO/c1-7-5-4-6-10(8(7)2)11(12)9(3)13/h4-6,9,11,13H,12H2,1-3H3/t9-,11-/m0/s1. The molecular formula is C11H17NO. The molecule has 0 radical (unpaired) electrons. The van der Waals surface area contributed by atoms with Gasteiger partial charge in [0.25, 0.3) is 0 Å². The van der Waals surface area contributed by atoms with Crippen molar-refractivity contribution in [3.8, 4) is 0 Å². The number of hydrogen-bond acceptors (Lipinski definition) is 2. The zero-order valence-electron chi connectivity index (χ0n) is 8.41. The summed E-state index contributed by atoms with van der Waals surface area (Å²) in [5.74, 6) is 0. The molecule has 3 N–H and O–H groups in total. The van der Waals surface area contributed by atoms with Crippen molar-refractivity contribution in [1.29, 1.82) is 0 Å². The number of hydrogen-bond donors (Lipinski definition) is 2. The summed E-state index contributed by atoms with van der Waals surface area (Å²) in [7, 11) is 0. The second-order valence-corrected chi connectivity index (χ2v) is 3.56. The summed E-state index contributed by atoms with van der Waals surface area (Å²) in [4.78, 5) is 0. The van der Waals surface area contributed by atoms with E-state index in [0.29, 0.717) is 0 Å². The summed E-state index contributed by atoms with van der Waals surface area (Å²) in [6.45, 7) is 5.80.